The van der Waals surface area contributed by atoms with Gasteiger partial charge in [0.2, 0.25) is 5.91 Å². The highest BCUT2D eigenvalue weighted by Gasteiger charge is 2.27. The van der Waals surface area contributed by atoms with Crippen molar-refractivity contribution in [2.75, 3.05) is 24.3 Å². The van der Waals surface area contributed by atoms with Crippen molar-refractivity contribution < 1.29 is 9.59 Å². The van der Waals surface area contributed by atoms with E-state index in [1.807, 2.05) is 76.7 Å². The molecule has 2 N–H and O–H groups in total. The van der Waals surface area contributed by atoms with Gasteiger partial charge in [0.05, 0.1) is 0 Å². The van der Waals surface area contributed by atoms with Crippen LogP contribution in [0.15, 0.2) is 18.2 Å². The third-order valence-electron chi connectivity index (χ3n) is 4.89. The minimum absolute atomic E-state index is 0.0218. The molecule has 6 heteroatoms. The Morgan fingerprint density at radius 1 is 1.03 bits per heavy atom. The molecule has 0 fully saturated rings. The molecule has 0 aromatic heterocycles. The molecule has 6 nitrogen and oxygen atoms in total. The van der Waals surface area contributed by atoms with E-state index < -0.39 is 0 Å². The van der Waals surface area contributed by atoms with E-state index in [1.165, 1.54) is 0 Å². The zero-order valence-corrected chi connectivity index (χ0v) is 19.9. The largest absolute Gasteiger partial charge is 0.377 e. The Bertz CT molecular complexity index is 705. The minimum atomic E-state index is -0.316. The van der Waals surface area contributed by atoms with E-state index in [0.717, 1.165) is 16.9 Å². The van der Waals surface area contributed by atoms with Crippen LogP contribution in [-0.4, -0.2) is 42.5 Å². The van der Waals surface area contributed by atoms with Crippen LogP contribution in [-0.2, 0) is 11.3 Å². The summed E-state index contributed by atoms with van der Waals surface area (Å²) < 4.78 is 0. The number of nitrogens with one attached hydrogen (secondary N) is 2. The second kappa shape index (κ2) is 9.99. The molecule has 0 aliphatic rings. The Balaban J connectivity index is 3.30. The lowest BCUT2D eigenvalue weighted by Gasteiger charge is -2.35. The first-order chi connectivity index (χ1) is 13.2. The predicted octanol–water partition coefficient (Wildman–Crippen LogP) is 4.70. The summed E-state index contributed by atoms with van der Waals surface area (Å²) in [4.78, 5) is 29.1. The fraction of sp³-hybridized carbons (Fsp3) is 0.652. The number of rotatable bonds is 7. The Morgan fingerprint density at radius 2 is 1.62 bits per heavy atom. The van der Waals surface area contributed by atoms with Crippen molar-refractivity contribution in [2.45, 2.75) is 73.5 Å². The quantitative estimate of drug-likeness (QED) is 0.692. The van der Waals surface area contributed by atoms with Gasteiger partial charge in [-0.15, -0.1) is 0 Å². The van der Waals surface area contributed by atoms with Crippen LogP contribution in [0.4, 0.5) is 16.2 Å². The molecule has 29 heavy (non-hydrogen) atoms. The monoisotopic (exact) mass is 404 g/mol. The van der Waals surface area contributed by atoms with Crippen LogP contribution < -0.4 is 15.5 Å². The van der Waals surface area contributed by atoms with Crippen LogP contribution in [0.2, 0.25) is 0 Å². The number of carbonyl (C=O) groups excluding carboxylic acids is 2. The first kappa shape index (κ1) is 24.8. The summed E-state index contributed by atoms with van der Waals surface area (Å²) in [6.07, 6.45) is 0. The smallest absolute Gasteiger partial charge is 0.318 e. The van der Waals surface area contributed by atoms with Gasteiger partial charge in [-0.05, 0) is 57.4 Å². The molecular formula is C23H40N4O2. The van der Waals surface area contributed by atoms with E-state index in [0.29, 0.717) is 12.5 Å². The summed E-state index contributed by atoms with van der Waals surface area (Å²) in [5.74, 6) is 0.195. The summed E-state index contributed by atoms with van der Waals surface area (Å²) in [7, 11) is 3.97. The topological polar surface area (TPSA) is 64.7 Å². The zero-order chi connectivity index (χ0) is 22.5. The van der Waals surface area contributed by atoms with Crippen LogP contribution in [0.3, 0.4) is 0 Å². The number of hydrogen-bond acceptors (Lipinski definition) is 3. The van der Waals surface area contributed by atoms with Crippen molar-refractivity contribution in [3.8, 4) is 0 Å². The Morgan fingerprint density at radius 3 is 2.07 bits per heavy atom. The Labute approximate surface area is 177 Å². The maximum absolute atomic E-state index is 13.1. The molecule has 1 aromatic rings. The second-order valence-corrected chi connectivity index (χ2v) is 9.67. The predicted molar refractivity (Wildman–Crippen MR) is 122 cm³/mol. The normalized spacial score (nSPS) is 12.7. The van der Waals surface area contributed by atoms with Gasteiger partial charge in [0.1, 0.15) is 0 Å². The van der Waals surface area contributed by atoms with Gasteiger partial charge < -0.3 is 20.4 Å². The van der Waals surface area contributed by atoms with Crippen molar-refractivity contribution in [1.82, 2.24) is 10.2 Å². The average molecular weight is 405 g/mol. The standard InChI is InChI=1S/C23H40N4O2/c1-15(2)17(5)27(22(29)25-23(6,7)8)14-18-13-19(24-21(28)16(3)4)11-12-20(18)26(9)10/h11-13,15-17H,14H2,1-10H3,(H,24,28)(H,25,29). The van der Waals surface area contributed by atoms with Gasteiger partial charge in [-0.2, -0.15) is 0 Å². The van der Waals surface area contributed by atoms with Crippen molar-refractivity contribution in [3.63, 3.8) is 0 Å². The van der Waals surface area contributed by atoms with Gasteiger partial charge >= 0.3 is 6.03 Å². The molecule has 0 bridgehead atoms. The highest BCUT2D eigenvalue weighted by molar-refractivity contribution is 5.92. The van der Waals surface area contributed by atoms with E-state index in [4.69, 9.17) is 0 Å². The molecule has 3 amide bonds. The molecular weight excluding hydrogens is 364 g/mol. The molecule has 1 rings (SSSR count). The maximum atomic E-state index is 13.1. The molecule has 0 spiro atoms. The van der Waals surface area contributed by atoms with Crippen molar-refractivity contribution in [3.05, 3.63) is 23.8 Å². The number of urea groups is 1. The molecule has 0 heterocycles. The lowest BCUT2D eigenvalue weighted by Crippen LogP contribution is -2.52. The van der Waals surface area contributed by atoms with Crippen LogP contribution in [0.25, 0.3) is 0 Å². The number of carbonyl (C=O) groups is 2. The summed E-state index contributed by atoms with van der Waals surface area (Å²) in [6.45, 7) is 16.5. The summed E-state index contributed by atoms with van der Waals surface area (Å²) in [5.41, 5.74) is 2.45. The zero-order valence-electron chi connectivity index (χ0n) is 19.9. The van der Waals surface area contributed by atoms with Gasteiger partial charge in [0, 0.05) is 49.5 Å². The van der Waals surface area contributed by atoms with E-state index in [2.05, 4.69) is 31.4 Å². The summed E-state index contributed by atoms with van der Waals surface area (Å²) >= 11 is 0. The molecule has 0 saturated carbocycles. The second-order valence-electron chi connectivity index (χ2n) is 9.67. The molecule has 1 aromatic carbocycles. The molecule has 164 valence electrons. The molecule has 1 unspecified atom stereocenters. The number of nitrogens with zero attached hydrogens (tertiary/aromatic N) is 2. The summed E-state index contributed by atoms with van der Waals surface area (Å²) in [5, 5.41) is 6.05. The van der Waals surface area contributed by atoms with E-state index in [-0.39, 0.29) is 29.4 Å². The van der Waals surface area contributed by atoms with Gasteiger partial charge in [0.15, 0.2) is 0 Å². The highest BCUT2D eigenvalue weighted by atomic mass is 16.2. The highest BCUT2D eigenvalue weighted by Crippen LogP contribution is 2.27. The van der Waals surface area contributed by atoms with Crippen molar-refractivity contribution in [1.29, 1.82) is 0 Å². The number of anilines is 2. The number of amides is 3. The summed E-state index contributed by atoms with van der Waals surface area (Å²) in [6, 6.07) is 5.84. The lowest BCUT2D eigenvalue weighted by molar-refractivity contribution is -0.118. The maximum Gasteiger partial charge on any atom is 0.318 e. The fourth-order valence-corrected chi connectivity index (χ4v) is 2.85. The van der Waals surface area contributed by atoms with Crippen LogP contribution in [0.5, 0.6) is 0 Å². The number of benzene rings is 1. The Kier molecular flexibility index (Phi) is 8.54. The molecule has 0 aliphatic heterocycles. The molecule has 0 aliphatic carbocycles. The third-order valence-corrected chi connectivity index (χ3v) is 4.89. The van der Waals surface area contributed by atoms with Crippen molar-refractivity contribution in [2.24, 2.45) is 11.8 Å². The first-order valence-corrected chi connectivity index (χ1v) is 10.4. The average Bonchev–Trinajstić information content (AvgIpc) is 2.57. The first-order valence-electron chi connectivity index (χ1n) is 10.4. The van der Waals surface area contributed by atoms with Gasteiger partial charge in [0.25, 0.3) is 0 Å². The third kappa shape index (κ3) is 7.59. The number of hydrogen-bond donors (Lipinski definition) is 2. The van der Waals surface area contributed by atoms with E-state index >= 15 is 0 Å². The van der Waals surface area contributed by atoms with Crippen LogP contribution in [0, 0.1) is 11.8 Å². The molecule has 0 radical (unpaired) electrons. The van der Waals surface area contributed by atoms with Gasteiger partial charge in [-0.25, -0.2) is 4.79 Å². The van der Waals surface area contributed by atoms with Crippen molar-refractivity contribution >= 4 is 23.3 Å². The molecule has 1 atom stereocenters. The minimum Gasteiger partial charge on any atom is -0.377 e. The molecule has 0 saturated heterocycles. The van der Waals surface area contributed by atoms with E-state index in [9.17, 15) is 9.59 Å². The lowest BCUT2D eigenvalue weighted by atomic mass is 10.0. The van der Waals surface area contributed by atoms with Gasteiger partial charge in [-0.1, -0.05) is 27.7 Å². The van der Waals surface area contributed by atoms with Gasteiger partial charge in [-0.3, -0.25) is 4.79 Å². The fourth-order valence-electron chi connectivity index (χ4n) is 2.85. The SMILES string of the molecule is CC(C)C(=O)Nc1ccc(N(C)C)c(CN(C(=O)NC(C)(C)C)C(C)C(C)C)c1. The van der Waals surface area contributed by atoms with Crippen LogP contribution in [0.1, 0.15) is 61.0 Å². The van der Waals surface area contributed by atoms with E-state index in [1.54, 1.807) is 0 Å². The van der Waals surface area contributed by atoms with Crippen LogP contribution >= 0.6 is 0 Å². The Hall–Kier alpha value is -2.24.